The van der Waals surface area contributed by atoms with E-state index < -0.39 is 0 Å². The lowest BCUT2D eigenvalue weighted by molar-refractivity contribution is -0.00867. The van der Waals surface area contributed by atoms with Crippen molar-refractivity contribution in [3.05, 3.63) is 0 Å². The predicted octanol–water partition coefficient (Wildman–Crippen LogP) is 2.43. The zero-order valence-corrected chi connectivity index (χ0v) is 19.4. The zero-order valence-electron chi connectivity index (χ0n) is 19.4. The van der Waals surface area contributed by atoms with Gasteiger partial charge in [0.1, 0.15) is 0 Å². The van der Waals surface area contributed by atoms with Crippen molar-refractivity contribution < 1.29 is 23.7 Å². The van der Waals surface area contributed by atoms with Crippen molar-refractivity contribution in [3.8, 4) is 0 Å². The molecule has 2 rings (SSSR count). The average Bonchev–Trinajstić information content (AvgIpc) is 2.77. The summed E-state index contributed by atoms with van der Waals surface area (Å²) in [6.45, 7) is 13.9. The van der Waals surface area contributed by atoms with Crippen molar-refractivity contribution in [1.82, 2.24) is 9.80 Å². The molecule has 0 aliphatic carbocycles. The van der Waals surface area contributed by atoms with E-state index in [9.17, 15) is 0 Å². The standard InChI is InChI=1S/C23H46N2O5/c1-2-3-4-5-6-7-23-22-30-21-20-28-15-10-24-8-13-26-16-11-25(23)12-17-29-19-18-27-14-9-24/h23H,2-22H2,1H3. The Hall–Kier alpha value is -0.280. The van der Waals surface area contributed by atoms with Crippen LogP contribution >= 0.6 is 0 Å². The first-order chi connectivity index (χ1) is 14.9. The number of nitrogens with zero attached hydrogens (tertiary/aromatic N) is 2. The van der Waals surface area contributed by atoms with Gasteiger partial charge in [-0.2, -0.15) is 0 Å². The summed E-state index contributed by atoms with van der Waals surface area (Å²) in [5, 5.41) is 0. The molecule has 2 fully saturated rings. The molecule has 178 valence electrons. The molecular formula is C23H46N2O5. The first-order valence-corrected chi connectivity index (χ1v) is 12.2. The zero-order chi connectivity index (χ0) is 21.1. The van der Waals surface area contributed by atoms with E-state index >= 15 is 0 Å². The molecule has 0 aromatic rings. The summed E-state index contributed by atoms with van der Waals surface area (Å²) in [7, 11) is 0. The topological polar surface area (TPSA) is 52.6 Å². The second kappa shape index (κ2) is 18.3. The van der Waals surface area contributed by atoms with E-state index in [4.69, 9.17) is 23.7 Å². The molecule has 0 saturated carbocycles. The molecule has 0 radical (unpaired) electrons. The maximum Gasteiger partial charge on any atom is 0.0701 e. The molecule has 2 saturated heterocycles. The van der Waals surface area contributed by atoms with Gasteiger partial charge in [-0.25, -0.2) is 0 Å². The molecule has 2 aliphatic heterocycles. The van der Waals surface area contributed by atoms with Gasteiger partial charge in [-0.05, 0) is 6.42 Å². The molecule has 0 aromatic heterocycles. The minimum absolute atomic E-state index is 0.410. The molecular weight excluding hydrogens is 384 g/mol. The van der Waals surface area contributed by atoms with Gasteiger partial charge in [-0.3, -0.25) is 9.80 Å². The number of rotatable bonds is 6. The van der Waals surface area contributed by atoms with Crippen molar-refractivity contribution >= 4 is 0 Å². The van der Waals surface area contributed by atoms with Gasteiger partial charge in [-0.1, -0.05) is 39.0 Å². The normalized spacial score (nSPS) is 29.3. The number of hydrogen-bond donors (Lipinski definition) is 0. The van der Waals surface area contributed by atoms with Gasteiger partial charge in [-0.15, -0.1) is 0 Å². The van der Waals surface area contributed by atoms with Crippen LogP contribution < -0.4 is 0 Å². The largest absolute Gasteiger partial charge is 0.379 e. The smallest absolute Gasteiger partial charge is 0.0701 e. The van der Waals surface area contributed by atoms with Crippen LogP contribution in [0.15, 0.2) is 0 Å². The predicted molar refractivity (Wildman–Crippen MR) is 119 cm³/mol. The highest BCUT2D eigenvalue weighted by molar-refractivity contribution is 4.73. The average molecular weight is 431 g/mol. The highest BCUT2D eigenvalue weighted by Crippen LogP contribution is 2.13. The lowest BCUT2D eigenvalue weighted by atomic mass is 10.1. The van der Waals surface area contributed by atoms with E-state index in [-0.39, 0.29) is 0 Å². The highest BCUT2D eigenvalue weighted by Gasteiger charge is 2.19. The molecule has 30 heavy (non-hydrogen) atoms. The number of hydrogen-bond acceptors (Lipinski definition) is 7. The summed E-state index contributed by atoms with van der Waals surface area (Å²) in [5.41, 5.74) is 0. The maximum atomic E-state index is 6.04. The van der Waals surface area contributed by atoms with Gasteiger partial charge in [0.2, 0.25) is 0 Å². The Morgan fingerprint density at radius 2 is 1.07 bits per heavy atom. The Labute approximate surface area is 184 Å². The van der Waals surface area contributed by atoms with Gasteiger partial charge in [0.15, 0.2) is 0 Å². The number of unbranched alkanes of at least 4 members (excludes halogenated alkanes) is 4. The van der Waals surface area contributed by atoms with Crippen LogP contribution in [0.2, 0.25) is 0 Å². The molecule has 7 heteroatoms. The minimum atomic E-state index is 0.410. The summed E-state index contributed by atoms with van der Waals surface area (Å²) in [6, 6.07) is 0.410. The third-order valence-corrected chi connectivity index (χ3v) is 5.91. The second-order valence-electron chi connectivity index (χ2n) is 8.26. The van der Waals surface area contributed by atoms with Gasteiger partial charge in [0.05, 0.1) is 66.1 Å². The van der Waals surface area contributed by atoms with Crippen LogP contribution in [0.4, 0.5) is 0 Å². The molecule has 2 bridgehead atoms. The third kappa shape index (κ3) is 12.5. The fourth-order valence-electron chi connectivity index (χ4n) is 3.98. The molecule has 2 aliphatic rings. The monoisotopic (exact) mass is 430 g/mol. The summed E-state index contributed by atoms with van der Waals surface area (Å²) >= 11 is 0. The van der Waals surface area contributed by atoms with Crippen LogP contribution in [-0.2, 0) is 23.7 Å². The molecule has 0 N–H and O–H groups in total. The Kier molecular flexibility index (Phi) is 15.9. The van der Waals surface area contributed by atoms with E-state index in [2.05, 4.69) is 16.7 Å². The van der Waals surface area contributed by atoms with Crippen molar-refractivity contribution in [2.45, 2.75) is 51.5 Å². The minimum Gasteiger partial charge on any atom is -0.379 e. The fraction of sp³-hybridized carbons (Fsp3) is 1.00. The van der Waals surface area contributed by atoms with Gasteiger partial charge >= 0.3 is 0 Å². The lowest BCUT2D eigenvalue weighted by Crippen LogP contribution is -2.43. The maximum absolute atomic E-state index is 6.04. The summed E-state index contributed by atoms with van der Waals surface area (Å²) in [4.78, 5) is 4.87. The van der Waals surface area contributed by atoms with Crippen LogP contribution in [-0.4, -0.2) is 115 Å². The third-order valence-electron chi connectivity index (χ3n) is 5.91. The summed E-state index contributed by atoms with van der Waals surface area (Å²) in [5.74, 6) is 0. The highest BCUT2D eigenvalue weighted by atomic mass is 16.5. The SMILES string of the molecule is CCCCCCCC1COCCOCCN2CCOCCOCCN1CCOCC2. The van der Waals surface area contributed by atoms with Crippen molar-refractivity contribution in [2.24, 2.45) is 0 Å². The molecule has 3 unspecified atom stereocenters. The van der Waals surface area contributed by atoms with Crippen molar-refractivity contribution in [1.29, 1.82) is 0 Å². The van der Waals surface area contributed by atoms with E-state index in [0.717, 1.165) is 72.4 Å². The van der Waals surface area contributed by atoms with E-state index in [1.165, 1.54) is 38.5 Å². The van der Waals surface area contributed by atoms with E-state index in [0.29, 0.717) is 32.5 Å². The summed E-state index contributed by atoms with van der Waals surface area (Å²) in [6.07, 6.45) is 7.69. The molecule has 0 aromatic carbocycles. The second-order valence-corrected chi connectivity index (χ2v) is 8.26. The van der Waals surface area contributed by atoms with Crippen LogP contribution in [0.25, 0.3) is 0 Å². The van der Waals surface area contributed by atoms with Crippen LogP contribution in [0.1, 0.15) is 45.4 Å². The van der Waals surface area contributed by atoms with Gasteiger partial charge < -0.3 is 23.7 Å². The van der Waals surface area contributed by atoms with Crippen LogP contribution in [0, 0.1) is 0 Å². The Morgan fingerprint density at radius 3 is 1.67 bits per heavy atom. The number of ether oxygens (including phenoxy) is 5. The van der Waals surface area contributed by atoms with E-state index in [1.54, 1.807) is 0 Å². The van der Waals surface area contributed by atoms with Gasteiger partial charge in [0.25, 0.3) is 0 Å². The molecule has 0 amide bonds. The molecule has 2 heterocycles. The Bertz CT molecular complexity index is 389. The van der Waals surface area contributed by atoms with Crippen molar-refractivity contribution in [3.63, 3.8) is 0 Å². The molecule has 7 nitrogen and oxygen atoms in total. The van der Waals surface area contributed by atoms with Gasteiger partial charge in [0, 0.05) is 38.8 Å². The fourth-order valence-corrected chi connectivity index (χ4v) is 3.98. The first-order valence-electron chi connectivity index (χ1n) is 12.2. The van der Waals surface area contributed by atoms with Crippen molar-refractivity contribution in [2.75, 3.05) is 98.8 Å². The first kappa shape index (κ1) is 26.0. The van der Waals surface area contributed by atoms with Crippen LogP contribution in [0.3, 0.4) is 0 Å². The van der Waals surface area contributed by atoms with Crippen LogP contribution in [0.5, 0.6) is 0 Å². The molecule has 0 spiro atoms. The quantitative estimate of drug-likeness (QED) is 0.474. The van der Waals surface area contributed by atoms with E-state index in [1.807, 2.05) is 0 Å². The number of fused-ring (bicyclic) bond motifs is 6. The Balaban J connectivity index is 1.95. The Morgan fingerprint density at radius 1 is 0.567 bits per heavy atom. The summed E-state index contributed by atoms with van der Waals surface area (Å²) < 4.78 is 29.5. The molecule has 3 atom stereocenters. The lowest BCUT2D eigenvalue weighted by Gasteiger charge is -2.32.